The fourth-order valence-corrected chi connectivity index (χ4v) is 2.37. The molecule has 0 unspecified atom stereocenters. The van der Waals surface area contributed by atoms with Crippen molar-refractivity contribution in [3.63, 3.8) is 0 Å². The van der Waals surface area contributed by atoms with Crippen LogP contribution in [0.3, 0.4) is 0 Å². The average molecular weight is 321 g/mol. The van der Waals surface area contributed by atoms with Crippen LogP contribution in [0.25, 0.3) is 22.4 Å². The first-order valence-corrected chi connectivity index (χ1v) is 6.80. The number of nitrogens with two attached hydrogens (primary N) is 1. The molecule has 0 bridgehead atoms. The largest absolute Gasteiger partial charge is 0.382 e. The third-order valence-electron chi connectivity index (χ3n) is 3.08. The van der Waals surface area contributed by atoms with Crippen LogP contribution in [0.4, 0.5) is 5.82 Å². The number of rotatable bonds is 2. The Bertz CT molecular complexity index is 849. The molecular formula is C14H10Cl2N4O. The molecule has 7 heteroatoms. The van der Waals surface area contributed by atoms with Crippen molar-refractivity contribution in [2.45, 2.75) is 0 Å². The predicted molar refractivity (Wildman–Crippen MR) is 84.5 cm³/mol. The van der Waals surface area contributed by atoms with E-state index in [1.807, 2.05) is 6.07 Å². The van der Waals surface area contributed by atoms with Crippen LogP contribution in [0, 0.1) is 0 Å². The van der Waals surface area contributed by atoms with E-state index in [1.165, 1.54) is 6.07 Å². The first-order chi connectivity index (χ1) is 10.1. The summed E-state index contributed by atoms with van der Waals surface area (Å²) in [6.07, 6.45) is 1.59. The minimum atomic E-state index is -0.178. The van der Waals surface area contributed by atoms with Crippen molar-refractivity contribution < 1.29 is 0 Å². The molecule has 106 valence electrons. The lowest BCUT2D eigenvalue weighted by Gasteiger charge is -2.06. The van der Waals surface area contributed by atoms with Gasteiger partial charge in [-0.25, -0.2) is 0 Å². The maximum Gasteiger partial charge on any atom is 0.247 e. The van der Waals surface area contributed by atoms with Crippen LogP contribution in [0.2, 0.25) is 10.0 Å². The van der Waals surface area contributed by atoms with Gasteiger partial charge in [-0.2, -0.15) is 5.10 Å². The summed E-state index contributed by atoms with van der Waals surface area (Å²) in [7, 11) is 0. The molecule has 0 saturated heterocycles. The van der Waals surface area contributed by atoms with Crippen molar-refractivity contribution >= 4 is 29.0 Å². The van der Waals surface area contributed by atoms with Crippen LogP contribution in [-0.2, 0) is 0 Å². The zero-order chi connectivity index (χ0) is 15.0. The molecule has 0 aliphatic rings. The fraction of sp³-hybridized carbons (Fsp3) is 0. The molecule has 0 amide bonds. The van der Waals surface area contributed by atoms with Gasteiger partial charge in [0.25, 0.3) is 0 Å². The van der Waals surface area contributed by atoms with Crippen LogP contribution >= 0.6 is 23.2 Å². The number of nitrogens with zero attached hydrogens (tertiary/aromatic N) is 1. The standard InChI is InChI=1S/C14H10Cl2N4O/c15-9-3-1-7(5-10(9)16)12-13(19-20-14(12)17)8-2-4-11(21)18-6-8/h1-6H,(H,18,21)(H3,17,19,20). The number of hydrogen-bond acceptors (Lipinski definition) is 3. The van der Waals surface area contributed by atoms with E-state index in [4.69, 9.17) is 28.9 Å². The Kier molecular flexibility index (Phi) is 3.45. The SMILES string of the molecule is Nc1n[nH]c(-c2ccc(=O)[nH]c2)c1-c1ccc(Cl)c(Cl)c1. The highest BCUT2D eigenvalue weighted by atomic mass is 35.5. The highest BCUT2D eigenvalue weighted by molar-refractivity contribution is 6.42. The molecule has 0 saturated carbocycles. The van der Waals surface area contributed by atoms with Crippen molar-refractivity contribution in [1.82, 2.24) is 15.2 Å². The Morgan fingerprint density at radius 1 is 1.05 bits per heavy atom. The smallest absolute Gasteiger partial charge is 0.247 e. The Hall–Kier alpha value is -2.24. The van der Waals surface area contributed by atoms with Crippen LogP contribution < -0.4 is 11.3 Å². The van der Waals surface area contributed by atoms with Gasteiger partial charge >= 0.3 is 0 Å². The molecule has 5 nitrogen and oxygen atoms in total. The van der Waals surface area contributed by atoms with E-state index >= 15 is 0 Å². The monoisotopic (exact) mass is 320 g/mol. The zero-order valence-electron chi connectivity index (χ0n) is 10.7. The number of hydrogen-bond donors (Lipinski definition) is 3. The number of halogens is 2. The summed E-state index contributed by atoms with van der Waals surface area (Å²) in [5, 5.41) is 7.80. The van der Waals surface area contributed by atoms with Crippen molar-refractivity contribution in [2.24, 2.45) is 0 Å². The zero-order valence-corrected chi connectivity index (χ0v) is 12.2. The molecule has 0 aliphatic carbocycles. The number of benzene rings is 1. The van der Waals surface area contributed by atoms with Crippen molar-refractivity contribution in [2.75, 3.05) is 5.73 Å². The molecule has 2 heterocycles. The van der Waals surface area contributed by atoms with Gasteiger partial charge in [0.1, 0.15) is 0 Å². The normalized spacial score (nSPS) is 10.8. The molecule has 2 aromatic heterocycles. The Morgan fingerprint density at radius 3 is 2.48 bits per heavy atom. The highest BCUT2D eigenvalue weighted by Crippen LogP contribution is 2.36. The van der Waals surface area contributed by atoms with E-state index in [0.717, 1.165) is 11.1 Å². The average Bonchev–Trinajstić information content (AvgIpc) is 2.85. The minimum absolute atomic E-state index is 0.178. The summed E-state index contributed by atoms with van der Waals surface area (Å²) >= 11 is 12.0. The number of nitrogens with one attached hydrogen (secondary N) is 2. The lowest BCUT2D eigenvalue weighted by atomic mass is 10.0. The quantitative estimate of drug-likeness (QED) is 0.676. The molecule has 0 atom stereocenters. The summed E-state index contributed by atoms with van der Waals surface area (Å²) < 4.78 is 0. The Balaban J connectivity index is 2.19. The van der Waals surface area contributed by atoms with Crippen molar-refractivity contribution in [3.05, 3.63) is 56.9 Å². The number of anilines is 1. The summed E-state index contributed by atoms with van der Waals surface area (Å²) in [6.45, 7) is 0. The van der Waals surface area contributed by atoms with Gasteiger partial charge in [-0.3, -0.25) is 9.89 Å². The first-order valence-electron chi connectivity index (χ1n) is 6.04. The van der Waals surface area contributed by atoms with Gasteiger partial charge in [-0.05, 0) is 23.8 Å². The second-order valence-corrected chi connectivity index (χ2v) is 5.24. The number of nitrogen functional groups attached to an aromatic ring is 1. The van der Waals surface area contributed by atoms with E-state index in [0.29, 0.717) is 27.1 Å². The summed E-state index contributed by atoms with van der Waals surface area (Å²) in [5.74, 6) is 0.342. The van der Waals surface area contributed by atoms with Crippen LogP contribution in [0.5, 0.6) is 0 Å². The van der Waals surface area contributed by atoms with E-state index < -0.39 is 0 Å². The van der Waals surface area contributed by atoms with E-state index in [1.54, 1.807) is 24.4 Å². The Morgan fingerprint density at radius 2 is 1.81 bits per heavy atom. The topological polar surface area (TPSA) is 87.6 Å². The van der Waals surface area contributed by atoms with Crippen molar-refractivity contribution in [1.29, 1.82) is 0 Å². The van der Waals surface area contributed by atoms with Gasteiger partial charge in [0, 0.05) is 17.8 Å². The van der Waals surface area contributed by atoms with E-state index in [9.17, 15) is 4.79 Å². The molecule has 0 fully saturated rings. The summed E-state index contributed by atoms with van der Waals surface area (Å²) in [4.78, 5) is 13.8. The number of pyridine rings is 1. The van der Waals surface area contributed by atoms with Gasteiger partial charge in [-0.15, -0.1) is 0 Å². The molecule has 3 aromatic rings. The fourth-order valence-electron chi connectivity index (χ4n) is 2.07. The van der Waals surface area contributed by atoms with Crippen LogP contribution in [0.15, 0.2) is 41.3 Å². The Labute approximate surface area is 129 Å². The molecule has 21 heavy (non-hydrogen) atoms. The molecule has 4 N–H and O–H groups in total. The first kappa shape index (κ1) is 13.7. The minimum Gasteiger partial charge on any atom is -0.382 e. The lowest BCUT2D eigenvalue weighted by Crippen LogP contribution is -2.01. The molecule has 0 spiro atoms. The van der Waals surface area contributed by atoms with Gasteiger partial charge in [0.15, 0.2) is 5.82 Å². The third kappa shape index (κ3) is 2.53. The van der Waals surface area contributed by atoms with Crippen LogP contribution in [0.1, 0.15) is 0 Å². The second kappa shape index (κ2) is 5.27. The van der Waals surface area contributed by atoms with E-state index in [2.05, 4.69) is 15.2 Å². The summed E-state index contributed by atoms with van der Waals surface area (Å²) in [6, 6.07) is 8.35. The molecule has 0 aliphatic heterocycles. The molecule has 1 aromatic carbocycles. The third-order valence-corrected chi connectivity index (χ3v) is 3.81. The van der Waals surface area contributed by atoms with Gasteiger partial charge in [0.05, 0.1) is 21.3 Å². The molecule has 0 radical (unpaired) electrons. The van der Waals surface area contributed by atoms with Gasteiger partial charge < -0.3 is 10.7 Å². The van der Waals surface area contributed by atoms with E-state index in [-0.39, 0.29) is 5.56 Å². The maximum atomic E-state index is 11.2. The highest BCUT2D eigenvalue weighted by Gasteiger charge is 2.15. The van der Waals surface area contributed by atoms with Crippen molar-refractivity contribution in [3.8, 4) is 22.4 Å². The van der Waals surface area contributed by atoms with Crippen LogP contribution in [-0.4, -0.2) is 15.2 Å². The predicted octanol–water partition coefficient (Wildman–Crippen LogP) is 3.32. The lowest BCUT2D eigenvalue weighted by molar-refractivity contribution is 1.10. The van der Waals surface area contributed by atoms with Gasteiger partial charge in [-0.1, -0.05) is 29.3 Å². The molecule has 3 rings (SSSR count). The number of H-pyrrole nitrogens is 2. The number of aromatic nitrogens is 3. The molecular weight excluding hydrogens is 311 g/mol. The summed E-state index contributed by atoms with van der Waals surface area (Å²) in [5.41, 5.74) is 8.72. The second-order valence-electron chi connectivity index (χ2n) is 4.43. The van der Waals surface area contributed by atoms with Gasteiger partial charge in [0.2, 0.25) is 5.56 Å². The number of aromatic amines is 2. The maximum absolute atomic E-state index is 11.2.